The van der Waals surface area contributed by atoms with E-state index in [-0.39, 0.29) is 0 Å². The molecule has 0 atom stereocenters. The Morgan fingerprint density at radius 1 is 1.47 bits per heavy atom. The molecule has 0 radical (unpaired) electrons. The molecule has 104 valence electrons. The number of aryl methyl sites for hydroxylation is 1. The fourth-order valence-electron chi connectivity index (χ4n) is 1.75. The minimum Gasteiger partial charge on any atom is -0.468 e. The zero-order valence-corrected chi connectivity index (χ0v) is 11.7. The van der Waals surface area contributed by atoms with Crippen LogP contribution in [0.5, 0.6) is 5.88 Å². The number of nitrogens with zero attached hydrogens (tertiary/aromatic N) is 1. The van der Waals surface area contributed by atoms with Crippen LogP contribution in [-0.2, 0) is 13.2 Å². The highest BCUT2D eigenvalue weighted by Gasteiger charge is 2.08. The van der Waals surface area contributed by atoms with Gasteiger partial charge >= 0.3 is 0 Å². The zero-order chi connectivity index (χ0) is 13.7. The highest BCUT2D eigenvalue weighted by molar-refractivity contribution is 5.18. The van der Waals surface area contributed by atoms with Crippen LogP contribution in [0.4, 0.5) is 0 Å². The number of rotatable bonds is 7. The van der Waals surface area contributed by atoms with Gasteiger partial charge in [0.15, 0.2) is 0 Å². The molecule has 19 heavy (non-hydrogen) atoms. The van der Waals surface area contributed by atoms with Crippen LogP contribution in [0.15, 0.2) is 22.8 Å². The van der Waals surface area contributed by atoms with Crippen molar-refractivity contribution in [2.24, 2.45) is 5.92 Å². The van der Waals surface area contributed by atoms with Crippen molar-refractivity contribution in [3.8, 4) is 5.88 Å². The lowest BCUT2D eigenvalue weighted by molar-refractivity contribution is 0.258. The van der Waals surface area contributed by atoms with Gasteiger partial charge in [0.1, 0.15) is 12.4 Å². The summed E-state index contributed by atoms with van der Waals surface area (Å²) < 4.78 is 11.0. The smallest absolute Gasteiger partial charge is 0.233 e. The average Bonchev–Trinajstić information content (AvgIpc) is 2.95. The molecule has 2 N–H and O–H groups in total. The van der Waals surface area contributed by atoms with E-state index in [0.29, 0.717) is 18.4 Å². The van der Waals surface area contributed by atoms with Crippen LogP contribution >= 0.6 is 0 Å². The predicted molar refractivity (Wildman–Crippen MR) is 72.9 cm³/mol. The van der Waals surface area contributed by atoms with Crippen LogP contribution in [0.2, 0.25) is 0 Å². The van der Waals surface area contributed by atoms with Gasteiger partial charge in [0, 0.05) is 23.9 Å². The summed E-state index contributed by atoms with van der Waals surface area (Å²) in [5.41, 5.74) is 2.11. The molecule has 2 rings (SSSR count). The number of furan rings is 1. The van der Waals surface area contributed by atoms with Crippen molar-refractivity contribution >= 4 is 0 Å². The second kappa shape index (κ2) is 6.43. The van der Waals surface area contributed by atoms with Gasteiger partial charge in [0.25, 0.3) is 0 Å². The third-order valence-corrected chi connectivity index (χ3v) is 2.74. The van der Waals surface area contributed by atoms with Gasteiger partial charge in [0.2, 0.25) is 5.88 Å². The predicted octanol–water partition coefficient (Wildman–Crippen LogP) is 2.64. The molecule has 5 nitrogen and oxygen atoms in total. The number of aromatic amines is 1. The number of ether oxygens (including phenoxy) is 1. The average molecular weight is 263 g/mol. The van der Waals surface area contributed by atoms with Crippen LogP contribution in [0.3, 0.4) is 0 Å². The summed E-state index contributed by atoms with van der Waals surface area (Å²) in [6.45, 7) is 8.50. The quantitative estimate of drug-likeness (QED) is 0.806. The number of hydrogen-bond donors (Lipinski definition) is 2. The van der Waals surface area contributed by atoms with Crippen molar-refractivity contribution in [1.29, 1.82) is 0 Å². The van der Waals surface area contributed by atoms with Crippen LogP contribution in [0, 0.1) is 12.8 Å². The van der Waals surface area contributed by atoms with E-state index in [0.717, 1.165) is 30.1 Å². The van der Waals surface area contributed by atoms with Gasteiger partial charge in [-0.15, -0.1) is 5.10 Å². The summed E-state index contributed by atoms with van der Waals surface area (Å²) in [6, 6.07) is 3.83. The fraction of sp³-hybridized carbons (Fsp3) is 0.500. The zero-order valence-electron chi connectivity index (χ0n) is 11.7. The van der Waals surface area contributed by atoms with Crippen molar-refractivity contribution in [3.05, 3.63) is 35.4 Å². The Bertz CT molecular complexity index is 502. The second-order valence-corrected chi connectivity index (χ2v) is 5.07. The number of H-pyrrole nitrogens is 1. The molecule has 0 aliphatic rings. The lowest BCUT2D eigenvalue weighted by Gasteiger charge is -2.07. The largest absolute Gasteiger partial charge is 0.468 e. The van der Waals surface area contributed by atoms with Gasteiger partial charge in [-0.25, -0.2) is 0 Å². The molecule has 0 bridgehead atoms. The van der Waals surface area contributed by atoms with Crippen molar-refractivity contribution in [1.82, 2.24) is 15.5 Å². The molecule has 5 heteroatoms. The van der Waals surface area contributed by atoms with Crippen LogP contribution in [0.25, 0.3) is 0 Å². The maximum atomic E-state index is 5.58. The van der Waals surface area contributed by atoms with Crippen LogP contribution in [-0.4, -0.2) is 16.7 Å². The summed E-state index contributed by atoms with van der Waals surface area (Å²) in [5, 5.41) is 10.3. The Balaban J connectivity index is 1.85. The fourth-order valence-corrected chi connectivity index (χ4v) is 1.75. The van der Waals surface area contributed by atoms with Gasteiger partial charge in [0.05, 0.1) is 6.26 Å². The summed E-state index contributed by atoms with van der Waals surface area (Å²) in [4.78, 5) is 0. The van der Waals surface area contributed by atoms with E-state index >= 15 is 0 Å². The molecule has 0 aromatic carbocycles. The summed E-state index contributed by atoms with van der Waals surface area (Å²) in [5.74, 6) is 2.07. The van der Waals surface area contributed by atoms with Crippen molar-refractivity contribution in [2.75, 3.05) is 6.54 Å². The third kappa shape index (κ3) is 4.13. The van der Waals surface area contributed by atoms with E-state index in [1.807, 2.05) is 19.1 Å². The Kier molecular flexibility index (Phi) is 4.63. The van der Waals surface area contributed by atoms with Gasteiger partial charge < -0.3 is 14.5 Å². The first kappa shape index (κ1) is 13.7. The molecular weight excluding hydrogens is 242 g/mol. The lowest BCUT2D eigenvalue weighted by atomic mass is 10.2. The maximum Gasteiger partial charge on any atom is 0.233 e. The molecular formula is C14H21N3O2. The minimum absolute atomic E-state index is 0.399. The molecule has 2 aromatic heterocycles. The molecule has 0 fully saturated rings. The molecule has 0 saturated heterocycles. The van der Waals surface area contributed by atoms with Crippen LogP contribution < -0.4 is 10.1 Å². The Morgan fingerprint density at radius 2 is 2.32 bits per heavy atom. The summed E-state index contributed by atoms with van der Waals surface area (Å²) in [7, 11) is 0. The van der Waals surface area contributed by atoms with E-state index in [2.05, 4.69) is 29.4 Å². The molecule has 0 spiro atoms. The normalized spacial score (nSPS) is 11.2. The molecule has 2 aromatic rings. The number of hydrogen-bond acceptors (Lipinski definition) is 4. The van der Waals surface area contributed by atoms with Gasteiger partial charge in [-0.05, 0) is 25.5 Å². The standard InChI is InChI=1S/C14H21N3O2/c1-10(2)7-15-8-12-4-5-18-13(12)9-19-14-6-11(3)16-17-14/h4-6,10,15H,7-9H2,1-3H3,(H,16,17). The molecule has 0 amide bonds. The Morgan fingerprint density at radius 3 is 3.00 bits per heavy atom. The highest BCUT2D eigenvalue weighted by Crippen LogP contribution is 2.14. The van der Waals surface area contributed by atoms with E-state index in [9.17, 15) is 0 Å². The van der Waals surface area contributed by atoms with E-state index < -0.39 is 0 Å². The SMILES string of the molecule is Cc1cc(OCc2occc2CNCC(C)C)n[nH]1. The molecule has 2 heterocycles. The Hall–Kier alpha value is -1.75. The van der Waals surface area contributed by atoms with Crippen LogP contribution in [0.1, 0.15) is 30.9 Å². The molecule has 0 unspecified atom stereocenters. The summed E-state index contributed by atoms with van der Waals surface area (Å²) >= 11 is 0. The monoisotopic (exact) mass is 263 g/mol. The minimum atomic E-state index is 0.399. The van der Waals surface area contributed by atoms with E-state index in [4.69, 9.17) is 9.15 Å². The topological polar surface area (TPSA) is 63.1 Å². The first-order valence-electron chi connectivity index (χ1n) is 6.56. The first-order chi connectivity index (χ1) is 9.15. The second-order valence-electron chi connectivity index (χ2n) is 5.07. The number of nitrogens with one attached hydrogen (secondary N) is 2. The molecule has 0 aliphatic heterocycles. The van der Waals surface area contributed by atoms with E-state index in [1.165, 1.54) is 0 Å². The van der Waals surface area contributed by atoms with E-state index in [1.54, 1.807) is 6.26 Å². The lowest BCUT2D eigenvalue weighted by Crippen LogP contribution is -2.19. The maximum absolute atomic E-state index is 5.58. The van der Waals surface area contributed by atoms with Crippen molar-refractivity contribution in [3.63, 3.8) is 0 Å². The first-order valence-corrected chi connectivity index (χ1v) is 6.56. The van der Waals surface area contributed by atoms with Crippen molar-refractivity contribution < 1.29 is 9.15 Å². The number of aromatic nitrogens is 2. The highest BCUT2D eigenvalue weighted by atomic mass is 16.5. The van der Waals surface area contributed by atoms with Gasteiger partial charge in [-0.3, -0.25) is 5.10 Å². The third-order valence-electron chi connectivity index (χ3n) is 2.74. The Labute approximate surface area is 113 Å². The molecule has 0 aliphatic carbocycles. The van der Waals surface area contributed by atoms with Gasteiger partial charge in [-0.1, -0.05) is 13.8 Å². The molecule has 0 saturated carbocycles. The summed E-state index contributed by atoms with van der Waals surface area (Å²) in [6.07, 6.45) is 1.70. The van der Waals surface area contributed by atoms with Gasteiger partial charge in [-0.2, -0.15) is 0 Å². The van der Waals surface area contributed by atoms with Crippen molar-refractivity contribution in [2.45, 2.75) is 33.9 Å².